The molecule has 0 aliphatic carbocycles. The van der Waals surface area contributed by atoms with E-state index in [0.29, 0.717) is 5.56 Å². The third-order valence-corrected chi connectivity index (χ3v) is 3.51. The highest BCUT2D eigenvalue weighted by atomic mass is 32.2. The highest BCUT2D eigenvalue weighted by molar-refractivity contribution is 7.90. The van der Waals surface area contributed by atoms with Crippen molar-refractivity contribution in [3.8, 4) is 0 Å². The molecule has 1 rings (SSSR count). The molecule has 1 aromatic carbocycles. The molecule has 0 bridgehead atoms. The molecule has 0 aromatic heterocycles. The van der Waals surface area contributed by atoms with Crippen molar-refractivity contribution in [2.45, 2.75) is 31.1 Å². The van der Waals surface area contributed by atoms with Crippen molar-refractivity contribution in [3.63, 3.8) is 0 Å². The van der Waals surface area contributed by atoms with Gasteiger partial charge in [0.2, 0.25) is 0 Å². The fraction of sp³-hybridized carbons (Fsp3) is 0.455. The van der Waals surface area contributed by atoms with Crippen LogP contribution in [0.4, 0.5) is 8.78 Å². The first-order valence-corrected chi connectivity index (χ1v) is 6.74. The molecule has 0 unspecified atom stereocenters. The first kappa shape index (κ1) is 13.1. The van der Waals surface area contributed by atoms with Crippen LogP contribution in [0.15, 0.2) is 23.1 Å². The smallest absolute Gasteiger partial charge is 0.224 e. The summed E-state index contributed by atoms with van der Waals surface area (Å²) in [6.45, 7) is 3.73. The van der Waals surface area contributed by atoms with Gasteiger partial charge in [-0.05, 0) is 23.6 Å². The summed E-state index contributed by atoms with van der Waals surface area (Å²) in [5, 5.41) is 0. The Kier molecular flexibility index (Phi) is 3.68. The van der Waals surface area contributed by atoms with Crippen LogP contribution in [0.2, 0.25) is 0 Å². The van der Waals surface area contributed by atoms with Gasteiger partial charge < -0.3 is 0 Å². The van der Waals surface area contributed by atoms with Crippen molar-refractivity contribution in [2.75, 3.05) is 6.26 Å². The van der Waals surface area contributed by atoms with Gasteiger partial charge in [0.1, 0.15) is 0 Å². The zero-order valence-electron chi connectivity index (χ0n) is 9.37. The molecule has 16 heavy (non-hydrogen) atoms. The Balaban J connectivity index is 3.43. The summed E-state index contributed by atoms with van der Waals surface area (Å²) in [4.78, 5) is -0.285. The van der Waals surface area contributed by atoms with E-state index in [9.17, 15) is 17.2 Å². The topological polar surface area (TPSA) is 34.1 Å². The van der Waals surface area contributed by atoms with E-state index >= 15 is 0 Å². The molecule has 0 aliphatic rings. The van der Waals surface area contributed by atoms with Gasteiger partial charge in [-0.3, -0.25) is 0 Å². The van der Waals surface area contributed by atoms with Gasteiger partial charge in [-0.1, -0.05) is 19.9 Å². The fourth-order valence-electron chi connectivity index (χ4n) is 1.43. The molecular weight excluding hydrogens is 234 g/mol. The lowest BCUT2D eigenvalue weighted by atomic mass is 10.0. The molecule has 1 aromatic rings. The number of rotatable bonds is 3. The molecule has 0 spiro atoms. The standard InChI is InChI=1S/C11H14F2O2S/c1-7(2)8-4-5-10(16(3,14)15)9(6-8)11(12)13/h4-7,11H,1-3H3. The van der Waals surface area contributed by atoms with Crippen LogP contribution in [0.3, 0.4) is 0 Å². The summed E-state index contributed by atoms with van der Waals surface area (Å²) >= 11 is 0. The molecule has 0 N–H and O–H groups in total. The summed E-state index contributed by atoms with van der Waals surface area (Å²) in [7, 11) is -3.60. The van der Waals surface area contributed by atoms with Gasteiger partial charge in [0.15, 0.2) is 9.84 Å². The molecule has 0 fully saturated rings. The van der Waals surface area contributed by atoms with E-state index in [1.54, 1.807) is 6.07 Å². The SMILES string of the molecule is CC(C)c1ccc(S(C)(=O)=O)c(C(F)F)c1. The Morgan fingerprint density at radius 1 is 1.19 bits per heavy atom. The minimum Gasteiger partial charge on any atom is -0.224 e. The molecule has 5 heteroatoms. The molecule has 90 valence electrons. The highest BCUT2D eigenvalue weighted by Gasteiger charge is 2.20. The quantitative estimate of drug-likeness (QED) is 0.823. The van der Waals surface area contributed by atoms with Crippen LogP contribution in [0.25, 0.3) is 0 Å². The van der Waals surface area contributed by atoms with Gasteiger partial charge in [0.25, 0.3) is 6.43 Å². The van der Waals surface area contributed by atoms with Gasteiger partial charge in [-0.2, -0.15) is 0 Å². The average Bonchev–Trinajstić information content (AvgIpc) is 2.15. The second-order valence-electron chi connectivity index (χ2n) is 4.02. The number of hydrogen-bond acceptors (Lipinski definition) is 2. The lowest BCUT2D eigenvalue weighted by molar-refractivity contribution is 0.148. The number of alkyl halides is 2. The van der Waals surface area contributed by atoms with Gasteiger partial charge in [0.05, 0.1) is 4.90 Å². The van der Waals surface area contributed by atoms with E-state index in [1.165, 1.54) is 12.1 Å². The molecule has 0 amide bonds. The lowest BCUT2D eigenvalue weighted by Crippen LogP contribution is -2.04. The van der Waals surface area contributed by atoms with Crippen LogP contribution in [-0.4, -0.2) is 14.7 Å². The van der Waals surface area contributed by atoms with Crippen LogP contribution in [0, 0.1) is 0 Å². The van der Waals surface area contributed by atoms with E-state index in [4.69, 9.17) is 0 Å². The monoisotopic (exact) mass is 248 g/mol. The average molecular weight is 248 g/mol. The maximum absolute atomic E-state index is 12.7. The van der Waals surface area contributed by atoms with Crippen LogP contribution >= 0.6 is 0 Å². The second kappa shape index (κ2) is 4.49. The van der Waals surface area contributed by atoms with Crippen LogP contribution in [0.5, 0.6) is 0 Å². The summed E-state index contributed by atoms with van der Waals surface area (Å²) < 4.78 is 48.1. The van der Waals surface area contributed by atoms with Gasteiger partial charge >= 0.3 is 0 Å². The molecular formula is C11H14F2O2S. The Labute approximate surface area is 94.2 Å². The van der Waals surface area contributed by atoms with Gasteiger partial charge in [-0.15, -0.1) is 0 Å². The van der Waals surface area contributed by atoms with Gasteiger partial charge in [0, 0.05) is 11.8 Å². The maximum Gasteiger partial charge on any atom is 0.265 e. The van der Waals surface area contributed by atoms with E-state index < -0.39 is 21.8 Å². The molecule has 2 nitrogen and oxygen atoms in total. The summed E-state index contributed by atoms with van der Waals surface area (Å²) in [5.74, 6) is 0.0890. The van der Waals surface area contributed by atoms with E-state index in [2.05, 4.69) is 0 Å². The van der Waals surface area contributed by atoms with Crippen molar-refractivity contribution < 1.29 is 17.2 Å². The zero-order chi connectivity index (χ0) is 12.5. The number of benzene rings is 1. The first-order chi connectivity index (χ1) is 7.23. The summed E-state index contributed by atoms with van der Waals surface area (Å²) in [5.41, 5.74) is 0.302. The third-order valence-electron chi connectivity index (χ3n) is 2.34. The normalized spacial score (nSPS) is 12.4. The van der Waals surface area contributed by atoms with Crippen molar-refractivity contribution in [1.82, 2.24) is 0 Å². The summed E-state index contributed by atoms with van der Waals surface area (Å²) in [6, 6.07) is 4.10. The number of hydrogen-bond donors (Lipinski definition) is 0. The highest BCUT2D eigenvalue weighted by Crippen LogP contribution is 2.29. The number of halogens is 2. The zero-order valence-corrected chi connectivity index (χ0v) is 10.2. The molecule has 0 aliphatic heterocycles. The van der Waals surface area contributed by atoms with Crippen molar-refractivity contribution in [2.24, 2.45) is 0 Å². The Morgan fingerprint density at radius 3 is 2.12 bits per heavy atom. The largest absolute Gasteiger partial charge is 0.265 e. The minimum absolute atomic E-state index is 0.0890. The Morgan fingerprint density at radius 2 is 1.75 bits per heavy atom. The van der Waals surface area contributed by atoms with E-state index in [0.717, 1.165) is 6.26 Å². The van der Waals surface area contributed by atoms with Crippen molar-refractivity contribution >= 4 is 9.84 Å². The fourth-order valence-corrected chi connectivity index (χ4v) is 2.33. The van der Waals surface area contributed by atoms with Crippen molar-refractivity contribution in [1.29, 1.82) is 0 Å². The maximum atomic E-state index is 12.7. The molecule has 0 atom stereocenters. The first-order valence-electron chi connectivity index (χ1n) is 4.85. The van der Waals surface area contributed by atoms with Crippen molar-refractivity contribution in [3.05, 3.63) is 29.3 Å². The molecule has 0 saturated carbocycles. The predicted octanol–water partition coefficient (Wildman–Crippen LogP) is 3.15. The summed E-state index contributed by atoms with van der Waals surface area (Å²) in [6.07, 6.45) is -1.84. The molecule has 0 heterocycles. The van der Waals surface area contributed by atoms with E-state index in [-0.39, 0.29) is 10.8 Å². The third kappa shape index (κ3) is 2.78. The van der Waals surface area contributed by atoms with Crippen LogP contribution < -0.4 is 0 Å². The lowest BCUT2D eigenvalue weighted by Gasteiger charge is -2.11. The van der Waals surface area contributed by atoms with Crippen LogP contribution in [0.1, 0.15) is 37.3 Å². The Hall–Kier alpha value is -0.970. The van der Waals surface area contributed by atoms with Gasteiger partial charge in [-0.25, -0.2) is 17.2 Å². The number of sulfone groups is 1. The predicted molar refractivity (Wildman–Crippen MR) is 58.6 cm³/mol. The molecule has 0 radical (unpaired) electrons. The Bertz CT molecular complexity index is 479. The van der Waals surface area contributed by atoms with Crippen LogP contribution in [-0.2, 0) is 9.84 Å². The second-order valence-corrected chi connectivity index (χ2v) is 6.01. The minimum atomic E-state index is -3.60. The molecule has 0 saturated heterocycles. The van der Waals surface area contributed by atoms with E-state index in [1.807, 2.05) is 13.8 Å².